The molecule has 0 bridgehead atoms. The molecule has 2 aromatic carbocycles. The lowest BCUT2D eigenvalue weighted by molar-refractivity contribution is -0.137. The van der Waals surface area contributed by atoms with Gasteiger partial charge in [-0.2, -0.15) is 13.2 Å². The molecular formula is C19H19F3N2O2S. The zero-order chi connectivity index (χ0) is 20.0. The first-order valence-electron chi connectivity index (χ1n) is 8.07. The maximum atomic E-state index is 13.3. The SMILES string of the molecule is CC(=O)Nc1ccc(NC(=O)CSCc2cccc(C)c2)c(C(F)(F)F)c1. The second-order valence-electron chi connectivity index (χ2n) is 5.97. The van der Waals surface area contributed by atoms with E-state index in [2.05, 4.69) is 10.6 Å². The highest BCUT2D eigenvalue weighted by molar-refractivity contribution is 7.99. The predicted octanol–water partition coefficient (Wildman–Crippen LogP) is 4.84. The summed E-state index contributed by atoms with van der Waals surface area (Å²) in [5, 5.41) is 4.60. The molecule has 0 aromatic heterocycles. The van der Waals surface area contributed by atoms with E-state index in [1.807, 2.05) is 31.2 Å². The van der Waals surface area contributed by atoms with Gasteiger partial charge in [0.25, 0.3) is 0 Å². The molecule has 0 unspecified atom stereocenters. The molecule has 0 saturated heterocycles. The number of carbonyl (C=O) groups excluding carboxylic acids is 2. The summed E-state index contributed by atoms with van der Waals surface area (Å²) in [5.74, 6) is -0.389. The Bertz CT molecular complexity index is 838. The zero-order valence-corrected chi connectivity index (χ0v) is 15.6. The average molecular weight is 396 g/mol. The van der Waals surface area contributed by atoms with Crippen LogP contribution in [0.5, 0.6) is 0 Å². The van der Waals surface area contributed by atoms with Crippen molar-refractivity contribution in [1.82, 2.24) is 0 Å². The number of benzene rings is 2. The van der Waals surface area contributed by atoms with Crippen molar-refractivity contribution in [3.63, 3.8) is 0 Å². The minimum absolute atomic E-state index is 0.0154. The molecule has 4 nitrogen and oxygen atoms in total. The molecule has 0 atom stereocenters. The number of nitrogens with one attached hydrogen (secondary N) is 2. The Balaban J connectivity index is 2.02. The minimum atomic E-state index is -4.66. The van der Waals surface area contributed by atoms with Crippen LogP contribution in [0, 0.1) is 6.92 Å². The van der Waals surface area contributed by atoms with Gasteiger partial charge in [0, 0.05) is 18.4 Å². The highest BCUT2D eigenvalue weighted by Gasteiger charge is 2.34. The third-order valence-electron chi connectivity index (χ3n) is 3.50. The number of hydrogen-bond donors (Lipinski definition) is 2. The molecule has 0 radical (unpaired) electrons. The van der Waals surface area contributed by atoms with Crippen LogP contribution in [-0.2, 0) is 21.5 Å². The van der Waals surface area contributed by atoms with Crippen LogP contribution in [0.25, 0.3) is 0 Å². The van der Waals surface area contributed by atoms with Gasteiger partial charge in [-0.05, 0) is 30.7 Å². The number of amides is 2. The summed E-state index contributed by atoms with van der Waals surface area (Å²) in [6.07, 6.45) is -4.66. The second-order valence-corrected chi connectivity index (χ2v) is 6.95. The van der Waals surface area contributed by atoms with Crippen molar-refractivity contribution in [2.75, 3.05) is 16.4 Å². The van der Waals surface area contributed by atoms with Crippen molar-refractivity contribution in [1.29, 1.82) is 0 Å². The molecule has 27 heavy (non-hydrogen) atoms. The largest absolute Gasteiger partial charge is 0.418 e. The van der Waals surface area contributed by atoms with Gasteiger partial charge in [-0.15, -0.1) is 11.8 Å². The highest BCUT2D eigenvalue weighted by atomic mass is 32.2. The van der Waals surface area contributed by atoms with Crippen LogP contribution >= 0.6 is 11.8 Å². The van der Waals surface area contributed by atoms with Crippen molar-refractivity contribution in [2.24, 2.45) is 0 Å². The third kappa shape index (κ3) is 6.63. The van der Waals surface area contributed by atoms with Gasteiger partial charge >= 0.3 is 6.18 Å². The van der Waals surface area contributed by atoms with Gasteiger partial charge < -0.3 is 10.6 Å². The Kier molecular flexibility index (Phi) is 6.90. The van der Waals surface area contributed by atoms with Crippen molar-refractivity contribution in [3.05, 3.63) is 59.2 Å². The van der Waals surface area contributed by atoms with Gasteiger partial charge in [0.2, 0.25) is 11.8 Å². The fourth-order valence-corrected chi connectivity index (χ4v) is 3.19. The van der Waals surface area contributed by atoms with E-state index in [1.165, 1.54) is 24.8 Å². The Morgan fingerprint density at radius 2 is 1.81 bits per heavy atom. The number of rotatable bonds is 6. The lowest BCUT2D eigenvalue weighted by Gasteiger charge is -2.15. The van der Waals surface area contributed by atoms with E-state index in [-0.39, 0.29) is 17.1 Å². The van der Waals surface area contributed by atoms with Crippen molar-refractivity contribution < 1.29 is 22.8 Å². The van der Waals surface area contributed by atoms with E-state index in [0.717, 1.165) is 23.3 Å². The molecule has 0 saturated carbocycles. The lowest BCUT2D eigenvalue weighted by atomic mass is 10.1. The summed E-state index contributed by atoms with van der Waals surface area (Å²) in [4.78, 5) is 23.1. The Morgan fingerprint density at radius 3 is 2.44 bits per heavy atom. The number of carbonyl (C=O) groups is 2. The maximum absolute atomic E-state index is 13.3. The summed E-state index contributed by atoms with van der Waals surface area (Å²) in [6, 6.07) is 11.1. The van der Waals surface area contributed by atoms with E-state index < -0.39 is 23.6 Å². The molecule has 0 aliphatic heterocycles. The molecule has 2 aromatic rings. The Morgan fingerprint density at radius 1 is 1.07 bits per heavy atom. The predicted molar refractivity (Wildman–Crippen MR) is 102 cm³/mol. The minimum Gasteiger partial charge on any atom is -0.326 e. The molecule has 0 aliphatic rings. The first kappa shape index (κ1) is 20.8. The van der Waals surface area contributed by atoms with Gasteiger partial charge in [0.05, 0.1) is 17.0 Å². The molecule has 2 N–H and O–H groups in total. The standard InChI is InChI=1S/C19H19F3N2O2S/c1-12-4-3-5-14(8-12)10-27-11-18(26)24-17-7-6-15(23-13(2)25)9-16(17)19(20,21)22/h3-9H,10-11H2,1-2H3,(H,23,25)(H,24,26). The fourth-order valence-electron chi connectivity index (χ4n) is 2.42. The maximum Gasteiger partial charge on any atom is 0.418 e. The summed E-state index contributed by atoms with van der Waals surface area (Å²) in [5.41, 5.74) is 0.820. The van der Waals surface area contributed by atoms with Crippen LogP contribution in [0.4, 0.5) is 24.5 Å². The molecule has 2 rings (SSSR count). The van der Waals surface area contributed by atoms with Crippen LogP contribution in [0.3, 0.4) is 0 Å². The van der Waals surface area contributed by atoms with Crippen LogP contribution in [0.1, 0.15) is 23.6 Å². The first-order chi connectivity index (χ1) is 12.6. The summed E-state index contributed by atoms with van der Waals surface area (Å²) < 4.78 is 39.8. The van der Waals surface area contributed by atoms with Gasteiger partial charge in [0.1, 0.15) is 0 Å². The van der Waals surface area contributed by atoms with Crippen LogP contribution in [-0.4, -0.2) is 17.6 Å². The molecule has 0 fully saturated rings. The lowest BCUT2D eigenvalue weighted by Crippen LogP contribution is -2.19. The van der Waals surface area contributed by atoms with Crippen molar-refractivity contribution in [2.45, 2.75) is 25.8 Å². The zero-order valence-electron chi connectivity index (χ0n) is 14.8. The third-order valence-corrected chi connectivity index (χ3v) is 4.51. The van der Waals surface area contributed by atoms with E-state index in [9.17, 15) is 22.8 Å². The number of thioether (sulfide) groups is 1. The molecule has 8 heteroatoms. The van der Waals surface area contributed by atoms with Crippen LogP contribution in [0.15, 0.2) is 42.5 Å². The quantitative estimate of drug-likeness (QED) is 0.734. The second kappa shape index (κ2) is 8.94. The molecule has 0 spiro atoms. The van der Waals surface area contributed by atoms with Crippen molar-refractivity contribution in [3.8, 4) is 0 Å². The Hall–Kier alpha value is -2.48. The first-order valence-corrected chi connectivity index (χ1v) is 9.22. The number of halogens is 3. The monoisotopic (exact) mass is 396 g/mol. The number of anilines is 2. The van der Waals surface area contributed by atoms with E-state index in [0.29, 0.717) is 5.75 Å². The van der Waals surface area contributed by atoms with E-state index in [4.69, 9.17) is 0 Å². The number of hydrogen-bond acceptors (Lipinski definition) is 3. The topological polar surface area (TPSA) is 58.2 Å². The van der Waals surface area contributed by atoms with Crippen molar-refractivity contribution >= 4 is 35.0 Å². The van der Waals surface area contributed by atoms with Crippen LogP contribution in [0.2, 0.25) is 0 Å². The Labute approximate surface area is 159 Å². The molecule has 144 valence electrons. The summed E-state index contributed by atoms with van der Waals surface area (Å²) in [7, 11) is 0. The normalized spacial score (nSPS) is 11.1. The molecule has 0 aliphatic carbocycles. The number of aryl methyl sites for hydroxylation is 1. The van der Waals surface area contributed by atoms with Gasteiger partial charge in [-0.1, -0.05) is 29.8 Å². The average Bonchev–Trinajstić information content (AvgIpc) is 2.55. The van der Waals surface area contributed by atoms with E-state index in [1.54, 1.807) is 0 Å². The fraction of sp³-hybridized carbons (Fsp3) is 0.263. The van der Waals surface area contributed by atoms with Gasteiger partial charge in [0.15, 0.2) is 0 Å². The van der Waals surface area contributed by atoms with Crippen LogP contribution < -0.4 is 10.6 Å². The molecule has 2 amide bonds. The van der Waals surface area contributed by atoms with E-state index >= 15 is 0 Å². The molecular weight excluding hydrogens is 377 g/mol. The summed E-state index contributed by atoms with van der Waals surface area (Å²) >= 11 is 1.32. The summed E-state index contributed by atoms with van der Waals surface area (Å²) in [6.45, 7) is 3.17. The number of alkyl halides is 3. The molecule has 0 heterocycles. The smallest absolute Gasteiger partial charge is 0.326 e. The van der Waals surface area contributed by atoms with Gasteiger partial charge in [-0.25, -0.2) is 0 Å². The van der Waals surface area contributed by atoms with Gasteiger partial charge in [-0.3, -0.25) is 9.59 Å². The highest BCUT2D eigenvalue weighted by Crippen LogP contribution is 2.36.